The zero-order valence-electron chi connectivity index (χ0n) is 9.75. The molecule has 3 nitrogen and oxygen atoms in total. The fourth-order valence-corrected chi connectivity index (χ4v) is 2.41. The molecule has 0 radical (unpaired) electrons. The van der Waals surface area contributed by atoms with Crippen molar-refractivity contribution in [1.82, 2.24) is 0 Å². The predicted octanol–water partition coefficient (Wildman–Crippen LogP) is 2.25. The van der Waals surface area contributed by atoms with E-state index >= 15 is 0 Å². The number of aliphatic hydroxyl groups is 1. The van der Waals surface area contributed by atoms with Gasteiger partial charge in [0.05, 0.1) is 0 Å². The summed E-state index contributed by atoms with van der Waals surface area (Å²) in [6.45, 7) is 9.11. The van der Waals surface area contributed by atoms with Crippen molar-refractivity contribution >= 4 is 5.97 Å². The molecule has 86 valence electrons. The molecule has 0 aliphatic heterocycles. The lowest BCUT2D eigenvalue weighted by Crippen LogP contribution is -2.46. The van der Waals surface area contributed by atoms with E-state index in [0.717, 1.165) is 18.4 Å². The summed E-state index contributed by atoms with van der Waals surface area (Å²) in [4.78, 5) is 11.0. The van der Waals surface area contributed by atoms with Crippen molar-refractivity contribution in [3.8, 4) is 0 Å². The molecule has 1 N–H and O–H groups in total. The van der Waals surface area contributed by atoms with Crippen LogP contribution in [0, 0.1) is 11.8 Å². The highest BCUT2D eigenvalue weighted by Gasteiger charge is 2.44. The minimum absolute atomic E-state index is 0.127. The van der Waals surface area contributed by atoms with E-state index in [1.54, 1.807) is 0 Å². The van der Waals surface area contributed by atoms with Crippen molar-refractivity contribution in [3.05, 3.63) is 12.2 Å². The van der Waals surface area contributed by atoms with Crippen LogP contribution >= 0.6 is 0 Å². The number of carbonyl (C=O) groups excluding carboxylic acids is 1. The highest BCUT2D eigenvalue weighted by atomic mass is 16.7. The molecule has 0 aromatic carbocycles. The van der Waals surface area contributed by atoms with Crippen molar-refractivity contribution in [1.29, 1.82) is 0 Å². The smallest absolute Gasteiger partial charge is 0.305 e. The molecular weight excluding hydrogens is 192 g/mol. The first kappa shape index (κ1) is 12.2. The quantitative estimate of drug-likeness (QED) is 0.434. The van der Waals surface area contributed by atoms with Gasteiger partial charge in [-0.15, -0.1) is 0 Å². The summed E-state index contributed by atoms with van der Waals surface area (Å²) in [5, 5.41) is 10.3. The molecule has 0 heterocycles. The van der Waals surface area contributed by atoms with Crippen LogP contribution in [0.15, 0.2) is 12.2 Å². The van der Waals surface area contributed by atoms with Gasteiger partial charge in [0.15, 0.2) is 0 Å². The lowest BCUT2D eigenvalue weighted by atomic mass is 9.75. The van der Waals surface area contributed by atoms with Crippen molar-refractivity contribution in [2.75, 3.05) is 0 Å². The monoisotopic (exact) mass is 212 g/mol. The summed E-state index contributed by atoms with van der Waals surface area (Å²) in [5.74, 6) is -1.52. The van der Waals surface area contributed by atoms with Gasteiger partial charge in [0, 0.05) is 19.3 Å². The van der Waals surface area contributed by atoms with Gasteiger partial charge >= 0.3 is 5.97 Å². The number of rotatable bonds is 2. The summed E-state index contributed by atoms with van der Waals surface area (Å²) in [6, 6.07) is 0. The molecule has 0 amide bonds. The molecule has 3 atom stereocenters. The average Bonchev–Trinajstić information content (AvgIpc) is 1.99. The molecule has 0 aromatic heterocycles. The fourth-order valence-electron chi connectivity index (χ4n) is 2.41. The van der Waals surface area contributed by atoms with Gasteiger partial charge < -0.3 is 9.84 Å². The zero-order chi connectivity index (χ0) is 11.6. The van der Waals surface area contributed by atoms with Gasteiger partial charge in [-0.2, -0.15) is 0 Å². The minimum Gasteiger partial charge on any atom is -0.433 e. The van der Waals surface area contributed by atoms with Crippen molar-refractivity contribution in [3.63, 3.8) is 0 Å². The van der Waals surface area contributed by atoms with Crippen LogP contribution in [0.5, 0.6) is 0 Å². The summed E-state index contributed by atoms with van der Waals surface area (Å²) in [7, 11) is 0. The molecule has 1 saturated carbocycles. The van der Waals surface area contributed by atoms with Gasteiger partial charge in [-0.05, 0) is 25.7 Å². The van der Waals surface area contributed by atoms with Crippen molar-refractivity contribution < 1.29 is 14.6 Å². The highest BCUT2D eigenvalue weighted by Crippen LogP contribution is 2.41. The maximum Gasteiger partial charge on any atom is 0.305 e. The molecule has 3 heteroatoms. The lowest BCUT2D eigenvalue weighted by Gasteiger charge is -2.41. The van der Waals surface area contributed by atoms with Gasteiger partial charge in [-0.3, -0.25) is 4.79 Å². The Balaban J connectivity index is 2.85. The van der Waals surface area contributed by atoms with Crippen LogP contribution in [-0.2, 0) is 9.53 Å². The molecule has 1 fully saturated rings. The van der Waals surface area contributed by atoms with E-state index < -0.39 is 11.8 Å². The molecule has 1 aliphatic carbocycles. The number of hydrogen-bond donors (Lipinski definition) is 1. The van der Waals surface area contributed by atoms with Gasteiger partial charge in [-0.25, -0.2) is 0 Å². The first-order chi connectivity index (χ1) is 6.85. The van der Waals surface area contributed by atoms with E-state index in [2.05, 4.69) is 13.5 Å². The van der Waals surface area contributed by atoms with E-state index in [1.807, 2.05) is 6.92 Å². The second-order valence-corrected chi connectivity index (χ2v) is 4.72. The second-order valence-electron chi connectivity index (χ2n) is 4.72. The van der Waals surface area contributed by atoms with Crippen LogP contribution < -0.4 is 0 Å². The largest absolute Gasteiger partial charge is 0.433 e. The highest BCUT2D eigenvalue weighted by molar-refractivity contribution is 5.66. The summed E-state index contributed by atoms with van der Waals surface area (Å²) in [6.07, 6.45) is 2.38. The number of ether oxygens (including phenoxy) is 1. The molecule has 15 heavy (non-hydrogen) atoms. The molecule has 0 aromatic rings. The van der Waals surface area contributed by atoms with Crippen LogP contribution in [0.3, 0.4) is 0 Å². The van der Waals surface area contributed by atoms with E-state index in [9.17, 15) is 9.90 Å². The third-order valence-corrected chi connectivity index (χ3v) is 3.05. The van der Waals surface area contributed by atoms with E-state index in [1.165, 1.54) is 6.92 Å². The Bertz CT molecular complexity index is 272. The molecule has 1 aliphatic rings. The normalized spacial score (nSPS) is 36.0. The number of hydrogen-bond acceptors (Lipinski definition) is 3. The van der Waals surface area contributed by atoms with Crippen LogP contribution in [-0.4, -0.2) is 16.9 Å². The van der Waals surface area contributed by atoms with Crippen LogP contribution in [0.25, 0.3) is 0 Å². The predicted molar refractivity (Wildman–Crippen MR) is 58.0 cm³/mol. The zero-order valence-corrected chi connectivity index (χ0v) is 9.75. The van der Waals surface area contributed by atoms with Crippen LogP contribution in [0.4, 0.5) is 0 Å². The number of carbonyl (C=O) groups is 1. The van der Waals surface area contributed by atoms with Crippen LogP contribution in [0.1, 0.15) is 40.0 Å². The third kappa shape index (κ3) is 2.81. The van der Waals surface area contributed by atoms with E-state index in [0.29, 0.717) is 12.3 Å². The molecule has 0 saturated heterocycles. The summed E-state index contributed by atoms with van der Waals surface area (Å²) < 4.78 is 5.08. The maximum atomic E-state index is 11.0. The molecule has 0 bridgehead atoms. The Morgan fingerprint density at radius 1 is 1.47 bits per heavy atom. The van der Waals surface area contributed by atoms with Gasteiger partial charge in [0.2, 0.25) is 5.79 Å². The van der Waals surface area contributed by atoms with E-state index in [-0.39, 0.29) is 5.92 Å². The minimum atomic E-state index is -1.34. The maximum absolute atomic E-state index is 11.0. The topological polar surface area (TPSA) is 46.5 Å². The SMILES string of the molecule is C=C(C)C1CCC(C)CC1(O)OC(C)=O. The van der Waals surface area contributed by atoms with Gasteiger partial charge in [0.1, 0.15) is 0 Å². The Hall–Kier alpha value is -0.830. The second kappa shape index (κ2) is 4.35. The lowest BCUT2D eigenvalue weighted by molar-refractivity contribution is -0.240. The Kier molecular flexibility index (Phi) is 3.55. The average molecular weight is 212 g/mol. The first-order valence-electron chi connectivity index (χ1n) is 5.42. The standard InChI is InChI=1S/C12H20O3/c1-8(2)11-6-5-9(3)7-12(11,14)15-10(4)13/h9,11,14H,1,5-7H2,2-4H3. The first-order valence-corrected chi connectivity index (χ1v) is 5.42. The van der Waals surface area contributed by atoms with Gasteiger partial charge in [0.25, 0.3) is 0 Å². The molecular formula is C12H20O3. The third-order valence-electron chi connectivity index (χ3n) is 3.05. The van der Waals surface area contributed by atoms with E-state index in [4.69, 9.17) is 4.74 Å². The molecule has 0 spiro atoms. The Morgan fingerprint density at radius 2 is 2.07 bits per heavy atom. The Morgan fingerprint density at radius 3 is 2.53 bits per heavy atom. The molecule has 3 unspecified atom stereocenters. The Labute approximate surface area is 91.1 Å². The van der Waals surface area contributed by atoms with Crippen molar-refractivity contribution in [2.45, 2.75) is 45.8 Å². The van der Waals surface area contributed by atoms with Crippen LogP contribution in [0.2, 0.25) is 0 Å². The van der Waals surface area contributed by atoms with Gasteiger partial charge in [-0.1, -0.05) is 19.1 Å². The van der Waals surface area contributed by atoms with Crippen molar-refractivity contribution in [2.24, 2.45) is 11.8 Å². The summed E-state index contributed by atoms with van der Waals surface area (Å²) in [5.41, 5.74) is 0.880. The fraction of sp³-hybridized carbons (Fsp3) is 0.750. The molecule has 1 rings (SSSR count). The number of esters is 1. The summed E-state index contributed by atoms with van der Waals surface area (Å²) >= 11 is 0.